The molecule has 1 atom stereocenters. The van der Waals surface area contributed by atoms with Gasteiger partial charge in [-0.3, -0.25) is 9.59 Å². The Kier molecular flexibility index (Phi) is 5.72. The number of carbonyl (C=O) groups is 2. The van der Waals surface area contributed by atoms with E-state index in [4.69, 9.17) is 9.47 Å². The first-order valence-electron chi connectivity index (χ1n) is 9.35. The number of hydrogen-bond acceptors (Lipinski definition) is 4. The molecule has 3 aromatic rings. The average Bonchev–Trinajstić information content (AvgIpc) is 2.87. The van der Waals surface area contributed by atoms with Crippen LogP contribution in [-0.4, -0.2) is 31.5 Å². The molecule has 0 saturated heterocycles. The van der Waals surface area contributed by atoms with Crippen molar-refractivity contribution in [3.63, 3.8) is 0 Å². The van der Waals surface area contributed by atoms with Crippen molar-refractivity contribution in [2.45, 2.75) is 6.04 Å². The van der Waals surface area contributed by atoms with Crippen molar-refractivity contribution in [2.24, 2.45) is 0 Å². The second kappa shape index (κ2) is 8.59. The lowest BCUT2D eigenvalue weighted by atomic mass is 10.1. The van der Waals surface area contributed by atoms with Crippen LogP contribution in [0.5, 0.6) is 17.2 Å². The van der Waals surface area contributed by atoms with Crippen LogP contribution in [0.4, 0.5) is 5.69 Å². The number of nitrogens with zero attached hydrogens (tertiary/aromatic N) is 1. The summed E-state index contributed by atoms with van der Waals surface area (Å²) in [7, 11) is 1.66. The molecule has 0 fully saturated rings. The van der Waals surface area contributed by atoms with E-state index in [9.17, 15) is 9.59 Å². The van der Waals surface area contributed by atoms with Crippen LogP contribution >= 0.6 is 15.9 Å². The molecule has 1 aliphatic rings. The summed E-state index contributed by atoms with van der Waals surface area (Å²) in [5.41, 5.74) is 1.03. The number of ether oxygens (including phenoxy) is 2. The molecule has 1 heterocycles. The average molecular weight is 467 g/mol. The summed E-state index contributed by atoms with van der Waals surface area (Å²) < 4.78 is 12.4. The van der Waals surface area contributed by atoms with Gasteiger partial charge in [0.1, 0.15) is 29.9 Å². The maximum Gasteiger partial charge on any atom is 0.252 e. The first-order chi connectivity index (χ1) is 14.5. The fourth-order valence-corrected chi connectivity index (χ4v) is 3.49. The minimum atomic E-state index is -0.813. The highest BCUT2D eigenvalue weighted by Gasteiger charge is 2.31. The number of anilines is 1. The number of carbonyl (C=O) groups excluding carboxylic acids is 2. The lowest BCUT2D eigenvalue weighted by molar-refractivity contribution is -0.120. The Hall–Kier alpha value is -3.32. The molecule has 2 amide bonds. The van der Waals surface area contributed by atoms with Crippen LogP contribution in [0.25, 0.3) is 0 Å². The Labute approximate surface area is 182 Å². The van der Waals surface area contributed by atoms with Gasteiger partial charge in [0.15, 0.2) is 0 Å². The number of fused-ring (bicyclic) bond motifs is 1. The van der Waals surface area contributed by atoms with Gasteiger partial charge in [-0.25, -0.2) is 0 Å². The van der Waals surface area contributed by atoms with E-state index in [2.05, 4.69) is 21.2 Å². The summed E-state index contributed by atoms with van der Waals surface area (Å²) in [6, 6.07) is 20.7. The van der Waals surface area contributed by atoms with E-state index >= 15 is 0 Å². The van der Waals surface area contributed by atoms with Crippen LogP contribution in [-0.2, 0) is 4.79 Å². The third-order valence-corrected chi connectivity index (χ3v) is 5.19. The Balaban J connectivity index is 1.49. The predicted molar refractivity (Wildman–Crippen MR) is 117 cm³/mol. The number of para-hydroxylation sites is 1. The van der Waals surface area contributed by atoms with E-state index in [-0.39, 0.29) is 18.4 Å². The van der Waals surface area contributed by atoms with Gasteiger partial charge in [-0.05, 0) is 48.5 Å². The molecule has 0 aliphatic carbocycles. The summed E-state index contributed by atoms with van der Waals surface area (Å²) in [6.07, 6.45) is 0. The minimum absolute atomic E-state index is 0.0454. The highest BCUT2D eigenvalue weighted by Crippen LogP contribution is 2.33. The van der Waals surface area contributed by atoms with Crippen LogP contribution in [0.15, 0.2) is 77.3 Å². The van der Waals surface area contributed by atoms with Gasteiger partial charge in [0.05, 0.1) is 5.69 Å². The molecule has 152 valence electrons. The van der Waals surface area contributed by atoms with Crippen LogP contribution in [0.1, 0.15) is 10.4 Å². The zero-order valence-corrected chi connectivity index (χ0v) is 17.8. The van der Waals surface area contributed by atoms with E-state index in [1.165, 1.54) is 4.90 Å². The summed E-state index contributed by atoms with van der Waals surface area (Å²) in [5.74, 6) is 1.16. The fraction of sp³-hybridized carbons (Fsp3) is 0.130. The summed E-state index contributed by atoms with van der Waals surface area (Å²) in [6.45, 7) is 0.0454. The summed E-state index contributed by atoms with van der Waals surface area (Å²) in [5, 5.41) is 2.77. The van der Waals surface area contributed by atoms with E-state index in [0.717, 1.165) is 4.47 Å². The van der Waals surface area contributed by atoms with Crippen molar-refractivity contribution in [3.05, 3.63) is 82.8 Å². The Morgan fingerprint density at radius 1 is 1.07 bits per heavy atom. The molecular formula is C23H19BrN2O4. The SMILES string of the molecule is CN1C(=O)[C@@H](NC(=O)c2cccc(Oc3ccccc3)c2)COc2ccc(Br)cc21. The molecular weight excluding hydrogens is 448 g/mol. The van der Waals surface area contributed by atoms with Gasteiger partial charge in [-0.1, -0.05) is 40.2 Å². The van der Waals surface area contributed by atoms with E-state index in [1.807, 2.05) is 42.5 Å². The second-order valence-electron chi connectivity index (χ2n) is 6.79. The first-order valence-corrected chi connectivity index (χ1v) is 10.1. The molecule has 7 heteroatoms. The maximum atomic E-state index is 12.9. The molecule has 3 aromatic carbocycles. The van der Waals surface area contributed by atoms with Crippen LogP contribution < -0.4 is 19.7 Å². The fourth-order valence-electron chi connectivity index (χ4n) is 3.14. The predicted octanol–water partition coefficient (Wildman–Crippen LogP) is 4.40. The quantitative estimate of drug-likeness (QED) is 0.618. The number of hydrogen-bond donors (Lipinski definition) is 1. The molecule has 4 rings (SSSR count). The standard InChI is InChI=1S/C23H19BrN2O4/c1-26-20-13-16(24)10-11-21(20)29-14-19(23(26)28)25-22(27)15-6-5-9-18(12-15)30-17-7-3-2-4-8-17/h2-13,19H,14H2,1H3,(H,25,27)/t19-/m0/s1. The van der Waals surface area contributed by atoms with Crippen molar-refractivity contribution in [2.75, 3.05) is 18.6 Å². The smallest absolute Gasteiger partial charge is 0.252 e. The number of likely N-dealkylation sites (N-methyl/N-ethyl adjacent to an activating group) is 1. The maximum absolute atomic E-state index is 12.9. The zero-order valence-electron chi connectivity index (χ0n) is 16.2. The second-order valence-corrected chi connectivity index (χ2v) is 7.70. The molecule has 0 unspecified atom stereocenters. The monoisotopic (exact) mass is 466 g/mol. The zero-order chi connectivity index (χ0) is 21.1. The molecule has 0 spiro atoms. The van der Waals surface area contributed by atoms with E-state index in [0.29, 0.717) is 28.5 Å². The molecule has 0 radical (unpaired) electrons. The van der Waals surface area contributed by atoms with Gasteiger partial charge in [0, 0.05) is 17.1 Å². The Morgan fingerprint density at radius 2 is 1.83 bits per heavy atom. The molecule has 6 nitrogen and oxygen atoms in total. The Morgan fingerprint density at radius 3 is 2.63 bits per heavy atom. The molecule has 1 N–H and O–H groups in total. The summed E-state index contributed by atoms with van der Waals surface area (Å²) in [4.78, 5) is 27.2. The minimum Gasteiger partial charge on any atom is -0.489 e. The van der Waals surface area contributed by atoms with Gasteiger partial charge in [0.2, 0.25) is 0 Å². The molecule has 0 bridgehead atoms. The van der Waals surface area contributed by atoms with Crippen molar-refractivity contribution in [3.8, 4) is 17.2 Å². The highest BCUT2D eigenvalue weighted by molar-refractivity contribution is 9.10. The number of rotatable bonds is 4. The number of amides is 2. The highest BCUT2D eigenvalue weighted by atomic mass is 79.9. The lowest BCUT2D eigenvalue weighted by Gasteiger charge is -2.20. The summed E-state index contributed by atoms with van der Waals surface area (Å²) >= 11 is 3.40. The van der Waals surface area contributed by atoms with Crippen molar-refractivity contribution >= 4 is 33.4 Å². The van der Waals surface area contributed by atoms with E-state index < -0.39 is 6.04 Å². The molecule has 1 aliphatic heterocycles. The Bertz CT molecular complexity index is 1090. The van der Waals surface area contributed by atoms with Crippen molar-refractivity contribution < 1.29 is 19.1 Å². The normalized spacial score (nSPS) is 15.6. The molecule has 0 aromatic heterocycles. The third-order valence-electron chi connectivity index (χ3n) is 4.70. The number of halogens is 1. The van der Waals surface area contributed by atoms with Crippen LogP contribution in [0.2, 0.25) is 0 Å². The first kappa shape index (κ1) is 20.0. The van der Waals surface area contributed by atoms with Gasteiger partial charge < -0.3 is 19.7 Å². The van der Waals surface area contributed by atoms with E-state index in [1.54, 1.807) is 37.4 Å². The van der Waals surface area contributed by atoms with Gasteiger partial charge >= 0.3 is 0 Å². The lowest BCUT2D eigenvalue weighted by Crippen LogP contribution is -2.49. The number of nitrogens with one attached hydrogen (secondary N) is 1. The van der Waals surface area contributed by atoms with Crippen LogP contribution in [0.3, 0.4) is 0 Å². The molecule has 0 saturated carbocycles. The molecule has 30 heavy (non-hydrogen) atoms. The van der Waals surface area contributed by atoms with Gasteiger partial charge in [-0.15, -0.1) is 0 Å². The van der Waals surface area contributed by atoms with Crippen LogP contribution in [0, 0.1) is 0 Å². The topological polar surface area (TPSA) is 67.9 Å². The van der Waals surface area contributed by atoms with Crippen molar-refractivity contribution in [1.82, 2.24) is 5.32 Å². The number of benzene rings is 3. The largest absolute Gasteiger partial charge is 0.489 e. The van der Waals surface area contributed by atoms with Gasteiger partial charge in [0.25, 0.3) is 11.8 Å². The van der Waals surface area contributed by atoms with Crippen molar-refractivity contribution in [1.29, 1.82) is 0 Å². The third kappa shape index (κ3) is 4.31. The van der Waals surface area contributed by atoms with Gasteiger partial charge in [-0.2, -0.15) is 0 Å².